The summed E-state index contributed by atoms with van der Waals surface area (Å²) in [6.45, 7) is 5.16. The highest BCUT2D eigenvalue weighted by molar-refractivity contribution is 5.46. The number of hydrogen-bond donors (Lipinski definition) is 1. The van der Waals surface area contributed by atoms with Crippen molar-refractivity contribution in [3.8, 4) is 11.5 Å². The van der Waals surface area contributed by atoms with Crippen LogP contribution in [0, 0.1) is 0 Å². The summed E-state index contributed by atoms with van der Waals surface area (Å²) >= 11 is 0. The van der Waals surface area contributed by atoms with E-state index < -0.39 is 0 Å². The van der Waals surface area contributed by atoms with Gasteiger partial charge in [-0.3, -0.25) is 4.90 Å². The number of piperazine rings is 1. The second kappa shape index (κ2) is 7.29. The van der Waals surface area contributed by atoms with E-state index in [4.69, 9.17) is 9.47 Å². The van der Waals surface area contributed by atoms with Crippen LogP contribution in [-0.4, -0.2) is 60.4 Å². The van der Waals surface area contributed by atoms with Gasteiger partial charge in [-0.05, 0) is 18.2 Å². The summed E-state index contributed by atoms with van der Waals surface area (Å²) in [7, 11) is 0. The summed E-state index contributed by atoms with van der Waals surface area (Å²) in [6.07, 6.45) is 1.84. The molecule has 0 aliphatic carbocycles. The van der Waals surface area contributed by atoms with Crippen molar-refractivity contribution in [2.75, 3.05) is 44.2 Å². The molecule has 1 fully saturated rings. The van der Waals surface area contributed by atoms with E-state index in [9.17, 15) is 5.11 Å². The third-order valence-corrected chi connectivity index (χ3v) is 4.74. The van der Waals surface area contributed by atoms with Gasteiger partial charge in [-0.25, -0.2) is 4.98 Å². The number of ether oxygens (including phenoxy) is 2. The fraction of sp³-hybridized carbons (Fsp3) is 0.421. The highest BCUT2D eigenvalue weighted by Crippen LogP contribution is 2.31. The third kappa shape index (κ3) is 3.55. The summed E-state index contributed by atoms with van der Waals surface area (Å²) in [6, 6.07) is 11.6. The molecule has 1 aromatic heterocycles. The molecule has 2 aromatic rings. The fourth-order valence-corrected chi connectivity index (χ4v) is 3.42. The summed E-state index contributed by atoms with van der Waals surface area (Å²) in [4.78, 5) is 9.09. The number of aromatic nitrogens is 1. The number of aliphatic hydroxyl groups excluding tert-OH is 1. The van der Waals surface area contributed by atoms with Crippen molar-refractivity contribution in [1.82, 2.24) is 9.88 Å². The Morgan fingerprint density at radius 1 is 1.04 bits per heavy atom. The average molecular weight is 341 g/mol. The lowest BCUT2D eigenvalue weighted by Gasteiger charge is -2.38. The van der Waals surface area contributed by atoms with Crippen molar-refractivity contribution in [2.24, 2.45) is 0 Å². The third-order valence-electron chi connectivity index (χ3n) is 4.74. The molecule has 6 heteroatoms. The molecule has 3 heterocycles. The molecule has 1 atom stereocenters. The van der Waals surface area contributed by atoms with E-state index in [0.29, 0.717) is 6.61 Å². The molecule has 0 saturated carbocycles. The van der Waals surface area contributed by atoms with E-state index >= 15 is 0 Å². The number of pyridine rings is 1. The van der Waals surface area contributed by atoms with Crippen LogP contribution in [0.5, 0.6) is 11.5 Å². The van der Waals surface area contributed by atoms with E-state index in [-0.39, 0.29) is 12.7 Å². The fourth-order valence-electron chi connectivity index (χ4n) is 3.42. The number of fused-ring (bicyclic) bond motifs is 1. The van der Waals surface area contributed by atoms with E-state index in [0.717, 1.165) is 55.6 Å². The first-order valence-corrected chi connectivity index (χ1v) is 8.74. The second-order valence-corrected chi connectivity index (χ2v) is 6.43. The normalized spacial score (nSPS) is 20.5. The quantitative estimate of drug-likeness (QED) is 0.910. The minimum Gasteiger partial charge on any atom is -0.486 e. The maximum atomic E-state index is 9.49. The number of nitrogens with zero attached hydrogens (tertiary/aromatic N) is 3. The van der Waals surface area contributed by atoms with Gasteiger partial charge in [0.2, 0.25) is 0 Å². The second-order valence-electron chi connectivity index (χ2n) is 6.43. The van der Waals surface area contributed by atoms with Crippen LogP contribution in [0.4, 0.5) is 5.82 Å². The maximum absolute atomic E-state index is 9.49. The lowest BCUT2D eigenvalue weighted by Crippen LogP contribution is -2.51. The maximum Gasteiger partial charge on any atom is 0.161 e. The van der Waals surface area contributed by atoms with E-state index in [1.165, 1.54) is 0 Å². The monoisotopic (exact) mass is 341 g/mol. The van der Waals surface area contributed by atoms with Crippen molar-refractivity contribution < 1.29 is 14.6 Å². The number of aliphatic hydroxyl groups is 1. The SMILES string of the molecule is OCc1cccnc1N1CCN(C[C@H]2COc3ccccc3O2)CC1. The van der Waals surface area contributed by atoms with Gasteiger partial charge in [-0.1, -0.05) is 18.2 Å². The Morgan fingerprint density at radius 3 is 2.64 bits per heavy atom. The molecule has 25 heavy (non-hydrogen) atoms. The number of para-hydroxylation sites is 2. The predicted molar refractivity (Wildman–Crippen MR) is 95.2 cm³/mol. The van der Waals surface area contributed by atoms with Crippen molar-refractivity contribution in [3.05, 3.63) is 48.2 Å². The first-order valence-electron chi connectivity index (χ1n) is 8.74. The molecule has 0 bridgehead atoms. The molecule has 1 N–H and O–H groups in total. The molecular formula is C19H23N3O3. The highest BCUT2D eigenvalue weighted by Gasteiger charge is 2.26. The van der Waals surface area contributed by atoms with Gasteiger partial charge in [0.1, 0.15) is 18.5 Å². The van der Waals surface area contributed by atoms with Gasteiger partial charge < -0.3 is 19.5 Å². The van der Waals surface area contributed by atoms with Gasteiger partial charge in [0, 0.05) is 44.5 Å². The Kier molecular flexibility index (Phi) is 4.72. The molecule has 6 nitrogen and oxygen atoms in total. The zero-order valence-electron chi connectivity index (χ0n) is 14.2. The topological polar surface area (TPSA) is 58.1 Å². The molecule has 4 rings (SSSR count). The Bertz CT molecular complexity index is 717. The van der Waals surface area contributed by atoms with Gasteiger partial charge in [-0.15, -0.1) is 0 Å². The number of anilines is 1. The van der Waals surface area contributed by atoms with Gasteiger partial charge in [0.15, 0.2) is 11.5 Å². The Morgan fingerprint density at radius 2 is 1.84 bits per heavy atom. The van der Waals surface area contributed by atoms with Crippen molar-refractivity contribution in [2.45, 2.75) is 12.7 Å². The summed E-state index contributed by atoms with van der Waals surface area (Å²) in [5.74, 6) is 2.56. The predicted octanol–water partition coefficient (Wildman–Crippen LogP) is 1.54. The lowest BCUT2D eigenvalue weighted by atomic mass is 10.2. The van der Waals surface area contributed by atoms with Gasteiger partial charge in [-0.2, -0.15) is 0 Å². The number of hydrogen-bond acceptors (Lipinski definition) is 6. The number of benzene rings is 1. The molecule has 1 saturated heterocycles. The van der Waals surface area contributed by atoms with E-state index in [2.05, 4.69) is 14.8 Å². The molecule has 0 unspecified atom stereocenters. The zero-order chi connectivity index (χ0) is 17.1. The molecule has 2 aliphatic rings. The molecule has 2 aliphatic heterocycles. The molecule has 0 spiro atoms. The molecular weight excluding hydrogens is 318 g/mol. The standard InChI is InChI=1S/C19H23N3O3/c23-13-15-4-3-7-20-19(15)22-10-8-21(9-11-22)12-16-14-24-17-5-1-2-6-18(17)25-16/h1-7,16,23H,8-14H2/t16-/m0/s1. The van der Waals surface area contributed by atoms with E-state index in [1.807, 2.05) is 36.4 Å². The minimum atomic E-state index is 0.0239. The Balaban J connectivity index is 1.32. The summed E-state index contributed by atoms with van der Waals surface area (Å²) in [5.41, 5.74) is 0.886. The Hall–Kier alpha value is -2.31. The van der Waals surface area contributed by atoms with Crippen molar-refractivity contribution in [1.29, 1.82) is 0 Å². The van der Waals surface area contributed by atoms with E-state index in [1.54, 1.807) is 6.20 Å². The van der Waals surface area contributed by atoms with Crippen LogP contribution in [0.2, 0.25) is 0 Å². The lowest BCUT2D eigenvalue weighted by molar-refractivity contribution is 0.0570. The van der Waals surface area contributed by atoms with Crippen molar-refractivity contribution in [3.63, 3.8) is 0 Å². The van der Waals surface area contributed by atoms with Crippen LogP contribution in [-0.2, 0) is 6.61 Å². The van der Waals surface area contributed by atoms with Gasteiger partial charge in [0.25, 0.3) is 0 Å². The number of rotatable bonds is 4. The average Bonchev–Trinajstić information content (AvgIpc) is 2.68. The molecule has 0 radical (unpaired) electrons. The van der Waals surface area contributed by atoms with Crippen LogP contribution in [0.25, 0.3) is 0 Å². The summed E-state index contributed by atoms with van der Waals surface area (Å²) in [5, 5.41) is 9.49. The summed E-state index contributed by atoms with van der Waals surface area (Å²) < 4.78 is 11.9. The van der Waals surface area contributed by atoms with Crippen LogP contribution < -0.4 is 14.4 Å². The van der Waals surface area contributed by atoms with Gasteiger partial charge >= 0.3 is 0 Å². The van der Waals surface area contributed by atoms with Gasteiger partial charge in [0.05, 0.1) is 6.61 Å². The largest absolute Gasteiger partial charge is 0.486 e. The van der Waals surface area contributed by atoms with Crippen LogP contribution in [0.1, 0.15) is 5.56 Å². The molecule has 0 amide bonds. The Labute approximate surface area is 147 Å². The van der Waals surface area contributed by atoms with Crippen LogP contribution in [0.15, 0.2) is 42.6 Å². The minimum absolute atomic E-state index is 0.0239. The van der Waals surface area contributed by atoms with Crippen LogP contribution >= 0.6 is 0 Å². The first kappa shape index (κ1) is 16.2. The van der Waals surface area contributed by atoms with Crippen molar-refractivity contribution >= 4 is 5.82 Å². The molecule has 1 aromatic carbocycles. The molecule has 132 valence electrons. The highest BCUT2D eigenvalue weighted by atomic mass is 16.6. The zero-order valence-corrected chi connectivity index (χ0v) is 14.2. The van der Waals surface area contributed by atoms with Crippen LogP contribution in [0.3, 0.4) is 0 Å². The first-order chi connectivity index (χ1) is 12.3. The smallest absolute Gasteiger partial charge is 0.161 e.